The zero-order chi connectivity index (χ0) is 14.5. The van der Waals surface area contributed by atoms with Gasteiger partial charge in [-0.25, -0.2) is 9.37 Å². The van der Waals surface area contributed by atoms with Crippen LogP contribution in [-0.4, -0.2) is 25.2 Å². The van der Waals surface area contributed by atoms with E-state index >= 15 is 0 Å². The Labute approximate surface area is 126 Å². The smallest absolute Gasteiger partial charge is 0.146 e. The summed E-state index contributed by atoms with van der Waals surface area (Å²) in [6, 6.07) is 4.69. The molecule has 0 bridgehead atoms. The molecule has 2 rings (SSSR count). The van der Waals surface area contributed by atoms with Crippen LogP contribution < -0.4 is 5.32 Å². The molecule has 6 heteroatoms. The Kier molecular flexibility index (Phi) is 5.48. The second kappa shape index (κ2) is 7.13. The SMILES string of the molecule is COCCNC(c1nc(C)cs1)c1cccc(Cl)c1F. The first-order chi connectivity index (χ1) is 9.63. The van der Waals surface area contributed by atoms with Gasteiger partial charge in [-0.15, -0.1) is 11.3 Å². The highest BCUT2D eigenvalue weighted by molar-refractivity contribution is 7.09. The van der Waals surface area contributed by atoms with Crippen LogP contribution in [0, 0.1) is 12.7 Å². The molecule has 2 aromatic rings. The summed E-state index contributed by atoms with van der Waals surface area (Å²) in [5.41, 5.74) is 1.42. The van der Waals surface area contributed by atoms with E-state index in [1.54, 1.807) is 25.3 Å². The molecule has 0 fully saturated rings. The largest absolute Gasteiger partial charge is 0.383 e. The summed E-state index contributed by atoms with van der Waals surface area (Å²) in [7, 11) is 1.63. The summed E-state index contributed by atoms with van der Waals surface area (Å²) >= 11 is 7.37. The Morgan fingerprint density at radius 2 is 2.30 bits per heavy atom. The van der Waals surface area contributed by atoms with E-state index in [0.29, 0.717) is 18.7 Å². The molecule has 0 saturated carbocycles. The Bertz CT molecular complexity index is 576. The molecule has 1 unspecified atom stereocenters. The van der Waals surface area contributed by atoms with Crippen molar-refractivity contribution in [2.24, 2.45) is 0 Å². The number of thiazole rings is 1. The molecule has 0 amide bonds. The second-order valence-corrected chi connectivity index (χ2v) is 5.65. The zero-order valence-corrected chi connectivity index (χ0v) is 12.9. The summed E-state index contributed by atoms with van der Waals surface area (Å²) in [5, 5.41) is 6.15. The van der Waals surface area contributed by atoms with Crippen molar-refractivity contribution in [1.82, 2.24) is 10.3 Å². The molecule has 0 saturated heterocycles. The van der Waals surface area contributed by atoms with Crippen LogP contribution in [0.25, 0.3) is 0 Å². The molecule has 0 spiro atoms. The fourth-order valence-corrected chi connectivity index (χ4v) is 2.95. The van der Waals surface area contributed by atoms with Gasteiger partial charge in [0.05, 0.1) is 17.7 Å². The third-order valence-electron chi connectivity index (χ3n) is 2.83. The van der Waals surface area contributed by atoms with Gasteiger partial charge in [-0.3, -0.25) is 0 Å². The lowest BCUT2D eigenvalue weighted by atomic mass is 10.1. The lowest BCUT2D eigenvalue weighted by molar-refractivity contribution is 0.197. The number of benzene rings is 1. The van der Waals surface area contributed by atoms with Crippen LogP contribution in [0.15, 0.2) is 23.6 Å². The van der Waals surface area contributed by atoms with E-state index in [2.05, 4.69) is 10.3 Å². The molecular formula is C14H16ClFN2OS. The van der Waals surface area contributed by atoms with Crippen LogP contribution in [0.1, 0.15) is 22.3 Å². The van der Waals surface area contributed by atoms with Gasteiger partial charge in [0.15, 0.2) is 0 Å². The highest BCUT2D eigenvalue weighted by Crippen LogP contribution is 2.29. The fourth-order valence-electron chi connectivity index (χ4n) is 1.88. The van der Waals surface area contributed by atoms with Gasteiger partial charge in [0.1, 0.15) is 10.8 Å². The van der Waals surface area contributed by atoms with Crippen LogP contribution in [0.5, 0.6) is 0 Å². The topological polar surface area (TPSA) is 34.1 Å². The number of nitrogens with zero attached hydrogens (tertiary/aromatic N) is 1. The van der Waals surface area contributed by atoms with Crippen LogP contribution in [0.4, 0.5) is 4.39 Å². The minimum atomic E-state index is -0.406. The Balaban J connectivity index is 2.32. The molecule has 1 atom stereocenters. The van der Waals surface area contributed by atoms with Gasteiger partial charge in [-0.2, -0.15) is 0 Å². The van der Waals surface area contributed by atoms with Crippen molar-refractivity contribution in [3.63, 3.8) is 0 Å². The van der Waals surface area contributed by atoms with E-state index in [0.717, 1.165) is 10.7 Å². The average molecular weight is 315 g/mol. The third kappa shape index (κ3) is 3.55. The van der Waals surface area contributed by atoms with Crippen LogP contribution >= 0.6 is 22.9 Å². The molecule has 20 heavy (non-hydrogen) atoms. The third-order valence-corrected chi connectivity index (χ3v) is 4.15. The van der Waals surface area contributed by atoms with Gasteiger partial charge in [-0.1, -0.05) is 23.7 Å². The Morgan fingerprint density at radius 3 is 2.95 bits per heavy atom. The maximum atomic E-state index is 14.2. The number of nitrogens with one attached hydrogen (secondary N) is 1. The van der Waals surface area contributed by atoms with Gasteiger partial charge >= 0.3 is 0 Å². The van der Waals surface area contributed by atoms with Gasteiger partial charge in [0, 0.05) is 30.3 Å². The van der Waals surface area contributed by atoms with Gasteiger partial charge in [0.2, 0.25) is 0 Å². The molecule has 108 valence electrons. The van der Waals surface area contributed by atoms with Crippen LogP contribution in [0.3, 0.4) is 0 Å². The molecule has 1 N–H and O–H groups in total. The molecular weight excluding hydrogens is 299 g/mol. The first-order valence-corrected chi connectivity index (χ1v) is 7.47. The van der Waals surface area contributed by atoms with E-state index in [9.17, 15) is 4.39 Å². The minimum Gasteiger partial charge on any atom is -0.383 e. The zero-order valence-electron chi connectivity index (χ0n) is 11.3. The number of ether oxygens (including phenoxy) is 1. The monoisotopic (exact) mass is 314 g/mol. The minimum absolute atomic E-state index is 0.120. The van der Waals surface area contributed by atoms with E-state index in [1.165, 1.54) is 11.3 Å². The standard InChI is InChI=1S/C14H16ClFN2OS/c1-9-8-20-14(18-9)13(17-6-7-19-2)10-4-3-5-11(15)12(10)16/h3-5,8,13,17H,6-7H2,1-2H3. The first kappa shape index (κ1) is 15.4. The molecule has 1 heterocycles. The van der Waals surface area contributed by atoms with Gasteiger partial charge in [-0.05, 0) is 13.0 Å². The lowest BCUT2D eigenvalue weighted by Gasteiger charge is -2.18. The lowest BCUT2D eigenvalue weighted by Crippen LogP contribution is -2.26. The molecule has 0 aliphatic carbocycles. The van der Waals surface area contributed by atoms with Crippen molar-refractivity contribution in [2.45, 2.75) is 13.0 Å². The maximum Gasteiger partial charge on any atom is 0.146 e. The van der Waals surface area contributed by atoms with Gasteiger partial charge in [0.25, 0.3) is 0 Å². The highest BCUT2D eigenvalue weighted by Gasteiger charge is 2.21. The number of aromatic nitrogens is 1. The Morgan fingerprint density at radius 1 is 1.50 bits per heavy atom. The Hall–Kier alpha value is -1.01. The van der Waals surface area contributed by atoms with Crippen molar-refractivity contribution >= 4 is 22.9 Å². The predicted octanol–water partition coefficient (Wildman–Crippen LogP) is 3.57. The van der Waals surface area contributed by atoms with Crippen LogP contribution in [0.2, 0.25) is 5.02 Å². The number of methoxy groups -OCH3 is 1. The molecule has 0 radical (unpaired) electrons. The summed E-state index contributed by atoms with van der Waals surface area (Å²) < 4.78 is 19.3. The number of rotatable bonds is 6. The summed E-state index contributed by atoms with van der Waals surface area (Å²) in [6.45, 7) is 3.06. The molecule has 0 aliphatic rings. The highest BCUT2D eigenvalue weighted by atomic mass is 35.5. The van der Waals surface area contributed by atoms with Crippen molar-refractivity contribution in [3.8, 4) is 0 Å². The van der Waals surface area contributed by atoms with Gasteiger partial charge < -0.3 is 10.1 Å². The van der Waals surface area contributed by atoms with Crippen LogP contribution in [-0.2, 0) is 4.74 Å². The number of halogens is 2. The van der Waals surface area contributed by atoms with E-state index < -0.39 is 5.82 Å². The summed E-state index contributed by atoms with van der Waals surface area (Å²) in [6.07, 6.45) is 0. The molecule has 0 aliphatic heterocycles. The summed E-state index contributed by atoms with van der Waals surface area (Å²) in [4.78, 5) is 4.44. The second-order valence-electron chi connectivity index (χ2n) is 4.35. The molecule has 3 nitrogen and oxygen atoms in total. The van der Waals surface area contributed by atoms with E-state index in [-0.39, 0.29) is 11.1 Å². The maximum absolute atomic E-state index is 14.2. The van der Waals surface area contributed by atoms with Crippen molar-refractivity contribution in [2.75, 3.05) is 20.3 Å². The van der Waals surface area contributed by atoms with E-state index in [1.807, 2.05) is 12.3 Å². The fraction of sp³-hybridized carbons (Fsp3) is 0.357. The first-order valence-electron chi connectivity index (χ1n) is 6.21. The average Bonchev–Trinajstić information content (AvgIpc) is 2.85. The quantitative estimate of drug-likeness (QED) is 0.828. The summed E-state index contributed by atoms with van der Waals surface area (Å²) in [5.74, 6) is -0.406. The number of hydrogen-bond donors (Lipinski definition) is 1. The van der Waals surface area contributed by atoms with Crippen molar-refractivity contribution in [1.29, 1.82) is 0 Å². The normalized spacial score (nSPS) is 12.6. The number of hydrogen-bond acceptors (Lipinski definition) is 4. The van der Waals surface area contributed by atoms with Crippen molar-refractivity contribution in [3.05, 3.63) is 50.7 Å². The van der Waals surface area contributed by atoms with Crippen molar-refractivity contribution < 1.29 is 9.13 Å². The number of aryl methyl sites for hydroxylation is 1. The molecule has 1 aromatic carbocycles. The van der Waals surface area contributed by atoms with E-state index in [4.69, 9.17) is 16.3 Å². The predicted molar refractivity (Wildman–Crippen MR) is 80.0 cm³/mol. The molecule has 1 aromatic heterocycles.